The molecule has 0 bridgehead atoms. The normalized spacial score (nSPS) is 11.6. The molecule has 0 spiro atoms. The number of benzene rings is 1. The number of aromatic nitrogens is 4. The van der Waals surface area contributed by atoms with Crippen LogP contribution in [0.5, 0.6) is 5.75 Å². The van der Waals surface area contributed by atoms with Crippen LogP contribution in [0, 0.1) is 0 Å². The number of methoxy groups -OCH3 is 1. The van der Waals surface area contributed by atoms with E-state index in [1.54, 1.807) is 0 Å². The Hall–Kier alpha value is -2.32. The summed E-state index contributed by atoms with van der Waals surface area (Å²) in [7, 11) is 1.41. The highest BCUT2D eigenvalue weighted by Crippen LogP contribution is 2.28. The molecule has 102 valence electrons. The Balaban J connectivity index is 2.40. The molecule has 1 heterocycles. The van der Waals surface area contributed by atoms with E-state index < -0.39 is 12.7 Å². The van der Waals surface area contributed by atoms with Crippen LogP contribution in [0.25, 0.3) is 11.4 Å². The van der Waals surface area contributed by atoms with Crippen LogP contribution in [-0.4, -0.2) is 33.5 Å². The van der Waals surface area contributed by atoms with Crippen LogP contribution in [0.3, 0.4) is 0 Å². The van der Waals surface area contributed by atoms with Crippen LogP contribution in [0.15, 0.2) is 18.2 Å². The molecule has 0 fully saturated rings. The van der Waals surface area contributed by atoms with Crippen LogP contribution >= 0.6 is 0 Å². The number of halogens is 3. The van der Waals surface area contributed by atoms with Crippen molar-refractivity contribution in [2.24, 2.45) is 0 Å². The van der Waals surface area contributed by atoms with Gasteiger partial charge < -0.3 is 10.5 Å². The molecule has 0 saturated heterocycles. The van der Waals surface area contributed by atoms with E-state index in [1.165, 1.54) is 25.3 Å². The van der Waals surface area contributed by atoms with Gasteiger partial charge in [0.1, 0.15) is 12.3 Å². The summed E-state index contributed by atoms with van der Waals surface area (Å²) >= 11 is 0. The highest BCUT2D eigenvalue weighted by atomic mass is 19.4. The zero-order valence-electron chi connectivity index (χ0n) is 9.85. The van der Waals surface area contributed by atoms with Gasteiger partial charge in [-0.05, 0) is 28.6 Å². The van der Waals surface area contributed by atoms with E-state index in [4.69, 9.17) is 10.5 Å². The van der Waals surface area contributed by atoms with Crippen molar-refractivity contribution >= 4 is 5.69 Å². The molecule has 19 heavy (non-hydrogen) atoms. The molecular weight excluding hydrogens is 263 g/mol. The Morgan fingerprint density at radius 3 is 2.74 bits per heavy atom. The number of nitrogens with zero attached hydrogens (tertiary/aromatic N) is 4. The lowest BCUT2D eigenvalue weighted by atomic mass is 10.2. The van der Waals surface area contributed by atoms with Gasteiger partial charge in [0.05, 0.1) is 12.8 Å². The third-order valence-corrected chi connectivity index (χ3v) is 2.35. The van der Waals surface area contributed by atoms with Gasteiger partial charge in [0.2, 0.25) is 0 Å². The van der Waals surface area contributed by atoms with Gasteiger partial charge in [-0.3, -0.25) is 0 Å². The Morgan fingerprint density at radius 1 is 1.37 bits per heavy atom. The first-order valence-electron chi connectivity index (χ1n) is 5.17. The second-order valence-corrected chi connectivity index (χ2v) is 3.73. The van der Waals surface area contributed by atoms with Crippen LogP contribution < -0.4 is 10.5 Å². The molecule has 9 heteroatoms. The number of tetrazole rings is 1. The van der Waals surface area contributed by atoms with Crippen molar-refractivity contribution in [3.8, 4) is 17.1 Å². The fraction of sp³-hybridized carbons (Fsp3) is 0.300. The predicted molar refractivity (Wildman–Crippen MR) is 60.3 cm³/mol. The molecule has 1 aromatic heterocycles. The third-order valence-electron chi connectivity index (χ3n) is 2.35. The topological polar surface area (TPSA) is 78.9 Å². The summed E-state index contributed by atoms with van der Waals surface area (Å²) in [5, 5.41) is 10.2. The fourth-order valence-corrected chi connectivity index (χ4v) is 1.54. The number of alkyl halides is 3. The summed E-state index contributed by atoms with van der Waals surface area (Å²) in [6.07, 6.45) is -4.40. The quantitative estimate of drug-likeness (QED) is 0.857. The summed E-state index contributed by atoms with van der Waals surface area (Å²) in [6, 6.07) is 4.52. The lowest BCUT2D eigenvalue weighted by Crippen LogP contribution is -2.19. The van der Waals surface area contributed by atoms with E-state index in [0.29, 0.717) is 21.7 Å². The first-order valence-corrected chi connectivity index (χ1v) is 5.17. The van der Waals surface area contributed by atoms with Crippen molar-refractivity contribution in [3.05, 3.63) is 18.2 Å². The van der Waals surface area contributed by atoms with E-state index in [0.717, 1.165) is 0 Å². The van der Waals surface area contributed by atoms with Gasteiger partial charge >= 0.3 is 6.18 Å². The molecule has 0 radical (unpaired) electrons. The molecule has 0 aliphatic rings. The largest absolute Gasteiger partial charge is 0.495 e. The minimum absolute atomic E-state index is 0.00405. The van der Waals surface area contributed by atoms with Crippen LogP contribution in [-0.2, 0) is 6.54 Å². The minimum Gasteiger partial charge on any atom is -0.495 e. The third kappa shape index (κ3) is 2.92. The van der Waals surface area contributed by atoms with Gasteiger partial charge in [0.25, 0.3) is 0 Å². The maximum absolute atomic E-state index is 12.4. The SMILES string of the molecule is COc1cc(-c2nnnn2CC(F)(F)F)ccc1N. The average Bonchev–Trinajstić information content (AvgIpc) is 2.75. The Bertz CT molecular complexity index is 581. The minimum atomic E-state index is -4.40. The summed E-state index contributed by atoms with van der Waals surface area (Å²) in [5.41, 5.74) is 6.39. The van der Waals surface area contributed by atoms with Gasteiger partial charge in [-0.1, -0.05) is 0 Å². The molecule has 1 aromatic carbocycles. The number of anilines is 1. The smallest absolute Gasteiger partial charge is 0.408 e. The highest BCUT2D eigenvalue weighted by molar-refractivity contribution is 5.65. The fourth-order valence-electron chi connectivity index (χ4n) is 1.54. The van der Waals surface area contributed by atoms with Crippen molar-refractivity contribution < 1.29 is 17.9 Å². The molecule has 0 unspecified atom stereocenters. The van der Waals surface area contributed by atoms with Gasteiger partial charge in [-0.2, -0.15) is 13.2 Å². The van der Waals surface area contributed by atoms with E-state index in [9.17, 15) is 13.2 Å². The molecule has 2 aromatic rings. The van der Waals surface area contributed by atoms with Crippen molar-refractivity contribution in [2.45, 2.75) is 12.7 Å². The second-order valence-electron chi connectivity index (χ2n) is 3.73. The van der Waals surface area contributed by atoms with Gasteiger partial charge in [-0.25, -0.2) is 4.68 Å². The molecule has 0 amide bonds. The van der Waals surface area contributed by atoms with Crippen LogP contribution in [0.4, 0.5) is 18.9 Å². The number of rotatable bonds is 3. The standard InChI is InChI=1S/C10H10F3N5O/c1-19-8-4-6(2-3-7(8)14)9-15-16-17-18(9)5-10(11,12)13/h2-4H,5,14H2,1H3. The average molecular weight is 273 g/mol. The number of nitrogen functional groups attached to an aromatic ring is 1. The van der Waals surface area contributed by atoms with Gasteiger partial charge in [0, 0.05) is 5.56 Å². The second kappa shape index (κ2) is 4.75. The Kier molecular flexibility index (Phi) is 3.28. The molecule has 2 N–H and O–H groups in total. The van der Waals surface area contributed by atoms with Gasteiger partial charge in [-0.15, -0.1) is 5.10 Å². The number of ether oxygens (including phenoxy) is 1. The highest BCUT2D eigenvalue weighted by Gasteiger charge is 2.30. The maximum Gasteiger partial charge on any atom is 0.408 e. The summed E-state index contributed by atoms with van der Waals surface area (Å²) in [4.78, 5) is 0. The molecule has 0 aliphatic heterocycles. The molecule has 2 rings (SSSR count). The van der Waals surface area contributed by atoms with E-state index in [1.807, 2.05) is 0 Å². The molecule has 0 saturated carbocycles. The van der Waals surface area contributed by atoms with Crippen LogP contribution in [0.1, 0.15) is 0 Å². The zero-order chi connectivity index (χ0) is 14.0. The van der Waals surface area contributed by atoms with Crippen molar-refractivity contribution in [3.63, 3.8) is 0 Å². The van der Waals surface area contributed by atoms with Crippen molar-refractivity contribution in [2.75, 3.05) is 12.8 Å². The summed E-state index contributed by atoms with van der Waals surface area (Å²) < 4.78 is 42.8. The molecule has 0 atom stereocenters. The van der Waals surface area contributed by atoms with E-state index >= 15 is 0 Å². The predicted octanol–water partition coefficient (Wildman–Crippen LogP) is 1.49. The first kappa shape index (κ1) is 13.1. The summed E-state index contributed by atoms with van der Waals surface area (Å²) in [5.74, 6) is 0.342. The lowest BCUT2D eigenvalue weighted by molar-refractivity contribution is -0.142. The van der Waals surface area contributed by atoms with Crippen molar-refractivity contribution in [1.82, 2.24) is 20.2 Å². The number of hydrogen-bond donors (Lipinski definition) is 1. The number of hydrogen-bond acceptors (Lipinski definition) is 5. The van der Waals surface area contributed by atoms with Crippen LogP contribution in [0.2, 0.25) is 0 Å². The van der Waals surface area contributed by atoms with Crippen molar-refractivity contribution in [1.29, 1.82) is 0 Å². The number of nitrogens with two attached hydrogens (primary N) is 1. The van der Waals surface area contributed by atoms with Gasteiger partial charge in [0.15, 0.2) is 5.82 Å². The maximum atomic E-state index is 12.4. The molecule has 6 nitrogen and oxygen atoms in total. The Morgan fingerprint density at radius 2 is 2.11 bits per heavy atom. The monoisotopic (exact) mass is 273 g/mol. The van der Waals surface area contributed by atoms with E-state index in [-0.39, 0.29) is 5.82 Å². The zero-order valence-corrected chi connectivity index (χ0v) is 9.85. The first-order chi connectivity index (χ1) is 8.90. The lowest BCUT2D eigenvalue weighted by Gasteiger charge is -2.09. The molecule has 0 aliphatic carbocycles. The van der Waals surface area contributed by atoms with E-state index in [2.05, 4.69) is 15.5 Å². The summed E-state index contributed by atoms with van der Waals surface area (Å²) in [6.45, 7) is -1.26. The Labute approximate surface area is 106 Å². The molecular formula is C10H10F3N5O.